The molecule has 4 aromatic rings. The van der Waals surface area contributed by atoms with E-state index in [9.17, 15) is 9.59 Å². The summed E-state index contributed by atoms with van der Waals surface area (Å²) in [6.45, 7) is 2.99. The topological polar surface area (TPSA) is 76.3 Å². The van der Waals surface area contributed by atoms with Crippen LogP contribution in [0.3, 0.4) is 0 Å². The second-order valence-corrected chi connectivity index (χ2v) is 11.7. The quantitative estimate of drug-likeness (QED) is 0.0449. The van der Waals surface area contributed by atoms with Crippen molar-refractivity contribution in [2.24, 2.45) is 0 Å². The Bertz CT molecular complexity index is 1800. The van der Waals surface area contributed by atoms with Crippen LogP contribution in [0.1, 0.15) is 76.7 Å². The van der Waals surface area contributed by atoms with E-state index in [0.717, 1.165) is 91.9 Å². The number of rotatable bonds is 20. The molecule has 0 saturated heterocycles. The van der Waals surface area contributed by atoms with Crippen molar-refractivity contribution >= 4 is 33.5 Å². The molecule has 4 rings (SSSR count). The largest absolute Gasteiger partial charge is 0.464 e. The summed E-state index contributed by atoms with van der Waals surface area (Å²) in [7, 11) is 0. The molecular formula is C42H49N2O4+. The predicted molar refractivity (Wildman–Crippen MR) is 198 cm³/mol. The molecule has 6 nitrogen and oxygen atoms in total. The van der Waals surface area contributed by atoms with Gasteiger partial charge in [-0.3, -0.25) is 4.79 Å². The standard InChI is InChI=1S/C42H48N2O4/c1-2-3-4-5-6-7-8-9-10-11-12-13-14-15-16-17-18-19-20-24-39(45)43-37-27-31-44(32-28-37)30-22-21-23-38-41-36(29-33-47-41)34-35-25-26-40(46)48-42(35)38/h3-4,6-7,9-10,12-13,15-16,18-19,25-29,31-34H,2,5,8,11,14,17,20-24,30H2,1H3/p+1/b4-3-,7-6-,10-9-,13-12-,16-15-,19-18-. The molecule has 0 radical (unpaired) electrons. The number of allylic oxidation sites excluding steroid dienone is 12. The highest BCUT2D eigenvalue weighted by molar-refractivity contribution is 5.97. The summed E-state index contributed by atoms with van der Waals surface area (Å²) in [6, 6.07) is 11.0. The first-order chi connectivity index (χ1) is 23.6. The lowest BCUT2D eigenvalue weighted by Gasteiger charge is -2.06. The van der Waals surface area contributed by atoms with Crippen molar-refractivity contribution in [2.45, 2.75) is 84.1 Å². The number of anilines is 1. The van der Waals surface area contributed by atoms with Crippen molar-refractivity contribution in [3.63, 3.8) is 0 Å². The number of amides is 1. The highest BCUT2D eigenvalue weighted by Gasteiger charge is 2.13. The smallest absolute Gasteiger partial charge is 0.336 e. The maximum Gasteiger partial charge on any atom is 0.336 e. The number of carbonyl (C=O) groups is 1. The summed E-state index contributed by atoms with van der Waals surface area (Å²) in [5, 5.41) is 4.90. The Hall–Kier alpha value is -4.97. The van der Waals surface area contributed by atoms with E-state index in [1.807, 2.05) is 36.7 Å². The summed E-state index contributed by atoms with van der Waals surface area (Å²) < 4.78 is 13.4. The van der Waals surface area contributed by atoms with Gasteiger partial charge in [-0.15, -0.1) is 0 Å². The maximum atomic E-state index is 12.4. The van der Waals surface area contributed by atoms with E-state index in [1.165, 1.54) is 6.07 Å². The number of nitrogens with zero attached hydrogens (tertiary/aromatic N) is 1. The number of pyridine rings is 1. The molecule has 0 atom stereocenters. The molecule has 1 N–H and O–H groups in total. The number of carbonyl (C=O) groups excluding carboxylic acids is 1. The Labute approximate surface area is 284 Å². The van der Waals surface area contributed by atoms with E-state index in [0.29, 0.717) is 18.4 Å². The predicted octanol–water partition coefficient (Wildman–Crippen LogP) is 10.3. The molecule has 3 aromatic heterocycles. The molecule has 1 amide bonds. The van der Waals surface area contributed by atoms with Gasteiger partial charge in [-0.25, -0.2) is 9.36 Å². The number of hydrogen-bond donors (Lipinski definition) is 1. The third-order valence-corrected chi connectivity index (χ3v) is 7.82. The molecular weight excluding hydrogens is 596 g/mol. The van der Waals surface area contributed by atoms with Gasteiger partial charge in [0.2, 0.25) is 5.91 Å². The summed E-state index contributed by atoms with van der Waals surface area (Å²) >= 11 is 0. The minimum atomic E-state index is -0.355. The van der Waals surface area contributed by atoms with Crippen molar-refractivity contribution in [2.75, 3.05) is 5.32 Å². The van der Waals surface area contributed by atoms with Gasteiger partial charge in [0, 0.05) is 47.4 Å². The molecule has 0 aliphatic heterocycles. The van der Waals surface area contributed by atoms with Crippen molar-refractivity contribution in [3.8, 4) is 0 Å². The number of aryl methyl sites for hydroxylation is 2. The number of hydrogen-bond acceptors (Lipinski definition) is 4. The van der Waals surface area contributed by atoms with E-state index in [1.54, 1.807) is 12.3 Å². The fourth-order valence-corrected chi connectivity index (χ4v) is 5.32. The second-order valence-electron chi connectivity index (χ2n) is 11.7. The van der Waals surface area contributed by atoms with Crippen molar-refractivity contribution < 1.29 is 18.2 Å². The van der Waals surface area contributed by atoms with Crippen LogP contribution in [0, 0.1) is 0 Å². The Balaban J connectivity index is 1.06. The first-order valence-electron chi connectivity index (χ1n) is 17.3. The van der Waals surface area contributed by atoms with Gasteiger partial charge < -0.3 is 14.2 Å². The van der Waals surface area contributed by atoms with Crippen molar-refractivity contribution in [1.29, 1.82) is 0 Å². The molecule has 0 unspecified atom stereocenters. The van der Waals surface area contributed by atoms with Gasteiger partial charge in [-0.1, -0.05) is 79.8 Å². The second kappa shape index (κ2) is 21.0. The molecule has 3 heterocycles. The third-order valence-electron chi connectivity index (χ3n) is 7.82. The Kier molecular flexibility index (Phi) is 15.7. The molecule has 48 heavy (non-hydrogen) atoms. The zero-order chi connectivity index (χ0) is 33.7. The zero-order valence-electron chi connectivity index (χ0n) is 28.2. The average Bonchev–Trinajstić information content (AvgIpc) is 3.56. The zero-order valence-corrected chi connectivity index (χ0v) is 28.2. The molecule has 0 spiro atoms. The first kappa shape index (κ1) is 35.9. The lowest BCUT2D eigenvalue weighted by atomic mass is 10.0. The van der Waals surface area contributed by atoms with E-state index in [2.05, 4.69) is 89.7 Å². The van der Waals surface area contributed by atoms with Gasteiger partial charge in [0.25, 0.3) is 0 Å². The average molecular weight is 646 g/mol. The maximum absolute atomic E-state index is 12.4. The third kappa shape index (κ3) is 12.7. The lowest BCUT2D eigenvalue weighted by Crippen LogP contribution is -2.32. The summed E-state index contributed by atoms with van der Waals surface area (Å²) in [4.78, 5) is 24.3. The highest BCUT2D eigenvalue weighted by Crippen LogP contribution is 2.29. The molecule has 0 saturated carbocycles. The van der Waals surface area contributed by atoms with E-state index < -0.39 is 0 Å². The van der Waals surface area contributed by atoms with Gasteiger partial charge in [0.05, 0.1) is 12.0 Å². The summed E-state index contributed by atoms with van der Waals surface area (Å²) in [5.74, 6) is 0.0123. The van der Waals surface area contributed by atoms with Crippen LogP contribution < -0.4 is 15.5 Å². The number of furan rings is 1. The van der Waals surface area contributed by atoms with E-state index in [-0.39, 0.29) is 11.5 Å². The van der Waals surface area contributed by atoms with Crippen LogP contribution in [-0.2, 0) is 17.8 Å². The number of nitrogens with one attached hydrogen (secondary N) is 1. The molecule has 0 fully saturated rings. The highest BCUT2D eigenvalue weighted by atomic mass is 16.4. The lowest BCUT2D eigenvalue weighted by molar-refractivity contribution is -0.697. The van der Waals surface area contributed by atoms with Crippen LogP contribution in [0.25, 0.3) is 21.9 Å². The molecule has 250 valence electrons. The van der Waals surface area contributed by atoms with Crippen LogP contribution >= 0.6 is 0 Å². The molecule has 0 aliphatic carbocycles. The first-order valence-corrected chi connectivity index (χ1v) is 17.3. The van der Waals surface area contributed by atoms with Gasteiger partial charge in [-0.2, -0.15) is 0 Å². The number of fused-ring (bicyclic) bond motifs is 2. The van der Waals surface area contributed by atoms with Crippen LogP contribution in [0.4, 0.5) is 5.69 Å². The fourth-order valence-electron chi connectivity index (χ4n) is 5.32. The summed E-state index contributed by atoms with van der Waals surface area (Å²) in [6.07, 6.45) is 41.5. The van der Waals surface area contributed by atoms with E-state index >= 15 is 0 Å². The molecule has 0 aliphatic rings. The molecule has 6 heteroatoms. The van der Waals surface area contributed by atoms with Crippen LogP contribution in [-0.4, -0.2) is 5.91 Å². The van der Waals surface area contributed by atoms with Crippen LogP contribution in [0.5, 0.6) is 0 Å². The van der Waals surface area contributed by atoms with Crippen LogP contribution in [0.15, 0.2) is 142 Å². The molecule has 0 bridgehead atoms. The SMILES string of the molecule is CC/C=C\C/C=C\C/C=C\C/C=C\C/C=C\C/C=C\CCC(=O)Nc1cc[n+](CCCCc2c3occc3cc3ccc(=O)oc23)cc1. The number of aromatic nitrogens is 1. The monoisotopic (exact) mass is 645 g/mol. The molecule has 1 aromatic carbocycles. The minimum absolute atomic E-state index is 0.0123. The van der Waals surface area contributed by atoms with Crippen molar-refractivity contribution in [3.05, 3.63) is 144 Å². The number of benzene rings is 1. The normalized spacial score (nSPS) is 12.5. The minimum Gasteiger partial charge on any atom is -0.464 e. The van der Waals surface area contributed by atoms with Crippen molar-refractivity contribution in [1.82, 2.24) is 0 Å². The van der Waals surface area contributed by atoms with Gasteiger partial charge in [0.15, 0.2) is 12.4 Å². The van der Waals surface area contributed by atoms with Gasteiger partial charge in [-0.05, 0) is 76.0 Å². The Morgan fingerprint density at radius 3 is 1.98 bits per heavy atom. The number of unbranched alkanes of at least 4 members (excludes halogenated alkanes) is 1. The van der Waals surface area contributed by atoms with Gasteiger partial charge >= 0.3 is 5.63 Å². The Morgan fingerprint density at radius 1 is 0.729 bits per heavy atom. The fraction of sp³-hybridized carbons (Fsp3) is 0.310. The van der Waals surface area contributed by atoms with Gasteiger partial charge in [0.1, 0.15) is 17.7 Å². The summed E-state index contributed by atoms with van der Waals surface area (Å²) in [5.41, 5.74) is 2.78. The van der Waals surface area contributed by atoms with E-state index in [4.69, 9.17) is 8.83 Å². The Morgan fingerprint density at radius 2 is 1.33 bits per heavy atom. The van der Waals surface area contributed by atoms with Crippen LogP contribution in [0.2, 0.25) is 0 Å².